The molecule has 0 aliphatic carbocycles. The van der Waals surface area contributed by atoms with Gasteiger partial charge in [0.15, 0.2) is 19.7 Å². The van der Waals surface area contributed by atoms with Crippen molar-refractivity contribution in [3.05, 3.63) is 24.1 Å². The Hall–Kier alpha value is -1.94. The van der Waals surface area contributed by atoms with Crippen molar-refractivity contribution in [3.63, 3.8) is 0 Å². The quantitative estimate of drug-likeness (QED) is 0.848. The first-order chi connectivity index (χ1) is 9.51. The van der Waals surface area contributed by atoms with Crippen molar-refractivity contribution in [2.24, 2.45) is 0 Å². The molecule has 0 fully saturated rings. The Balaban J connectivity index is 2.89. The molecule has 1 aromatic heterocycles. The largest absolute Gasteiger partial charge is 0.384 e. The van der Waals surface area contributed by atoms with Crippen LogP contribution in [0.25, 0.3) is 11.1 Å². The molecule has 0 unspecified atom stereocenters. The Morgan fingerprint density at radius 2 is 1.76 bits per heavy atom. The summed E-state index contributed by atoms with van der Waals surface area (Å²) in [6.07, 6.45) is 2.83. The van der Waals surface area contributed by atoms with Crippen molar-refractivity contribution in [3.8, 4) is 11.1 Å². The van der Waals surface area contributed by atoms with E-state index in [1.165, 1.54) is 6.20 Å². The normalized spacial score (nSPS) is 12.5. The second kappa shape index (κ2) is 4.81. The molecule has 114 valence electrons. The molecular formula is C11H12FN3O4S2. The predicted octanol–water partition coefficient (Wildman–Crippen LogP) is 0.605. The van der Waals surface area contributed by atoms with Crippen LogP contribution in [0.4, 0.5) is 10.2 Å². The highest BCUT2D eigenvalue weighted by Crippen LogP contribution is 2.32. The van der Waals surface area contributed by atoms with Gasteiger partial charge in [0.1, 0.15) is 16.5 Å². The monoisotopic (exact) mass is 333 g/mol. The van der Waals surface area contributed by atoms with Gasteiger partial charge >= 0.3 is 0 Å². The molecule has 0 aliphatic rings. The number of nitrogens with zero attached hydrogens (tertiary/aromatic N) is 1. The number of aromatic nitrogens is 2. The lowest BCUT2D eigenvalue weighted by molar-refractivity contribution is 0.555. The van der Waals surface area contributed by atoms with Crippen LogP contribution < -0.4 is 5.73 Å². The van der Waals surface area contributed by atoms with Gasteiger partial charge in [-0.05, 0) is 17.7 Å². The first-order valence-electron chi connectivity index (χ1n) is 5.54. The minimum absolute atomic E-state index is 0.112. The molecule has 0 saturated carbocycles. The molecule has 2 rings (SSSR count). The number of hydrogen-bond acceptors (Lipinski definition) is 6. The first kappa shape index (κ1) is 15.4. The first-order valence-corrected chi connectivity index (χ1v) is 9.33. The number of anilines is 1. The van der Waals surface area contributed by atoms with Crippen LogP contribution in [0.2, 0.25) is 0 Å². The molecule has 0 atom stereocenters. The minimum atomic E-state index is -4.05. The lowest BCUT2D eigenvalue weighted by atomic mass is 10.1. The van der Waals surface area contributed by atoms with Crippen molar-refractivity contribution in [2.45, 2.75) is 9.79 Å². The maximum Gasteiger partial charge on any atom is 0.179 e. The summed E-state index contributed by atoms with van der Waals surface area (Å²) >= 11 is 0. The van der Waals surface area contributed by atoms with Crippen LogP contribution in [0.1, 0.15) is 0 Å². The van der Waals surface area contributed by atoms with Gasteiger partial charge in [0.2, 0.25) is 0 Å². The number of halogens is 1. The zero-order valence-corrected chi connectivity index (χ0v) is 12.7. The Kier molecular flexibility index (Phi) is 3.54. The van der Waals surface area contributed by atoms with Gasteiger partial charge in [-0.2, -0.15) is 5.10 Å². The zero-order chi connectivity index (χ0) is 16.0. The SMILES string of the molecule is CS(=O)(=O)c1cc(-c2cn[nH]c2N)cc(F)c1S(C)(=O)=O. The average Bonchev–Trinajstić information content (AvgIpc) is 2.71. The second-order valence-electron chi connectivity index (χ2n) is 4.53. The van der Waals surface area contributed by atoms with E-state index in [0.29, 0.717) is 0 Å². The van der Waals surface area contributed by atoms with Crippen molar-refractivity contribution in [2.75, 3.05) is 18.2 Å². The number of H-pyrrole nitrogens is 1. The van der Waals surface area contributed by atoms with Crippen molar-refractivity contribution < 1.29 is 21.2 Å². The van der Waals surface area contributed by atoms with Crippen LogP contribution in [0.5, 0.6) is 0 Å². The standard InChI is InChI=1S/C11H12FN3O4S2/c1-20(16,17)9-4-6(7-5-14-15-11(7)13)3-8(12)10(9)21(2,18)19/h3-5H,1-2H3,(H3,13,14,15). The van der Waals surface area contributed by atoms with Gasteiger partial charge in [-0.25, -0.2) is 21.2 Å². The van der Waals surface area contributed by atoms with Crippen molar-refractivity contribution in [1.82, 2.24) is 10.2 Å². The van der Waals surface area contributed by atoms with E-state index in [0.717, 1.165) is 24.6 Å². The van der Waals surface area contributed by atoms with Crippen LogP contribution in [-0.4, -0.2) is 39.5 Å². The van der Waals surface area contributed by atoms with E-state index in [1.807, 2.05) is 0 Å². The molecular weight excluding hydrogens is 321 g/mol. The molecule has 0 spiro atoms. The predicted molar refractivity (Wildman–Crippen MR) is 74.6 cm³/mol. The van der Waals surface area contributed by atoms with Crippen LogP contribution in [0.3, 0.4) is 0 Å². The maximum absolute atomic E-state index is 14.1. The van der Waals surface area contributed by atoms with Gasteiger partial charge in [-0.3, -0.25) is 5.10 Å². The van der Waals surface area contributed by atoms with Gasteiger partial charge in [0.05, 0.1) is 11.1 Å². The summed E-state index contributed by atoms with van der Waals surface area (Å²) in [5.74, 6) is -1.04. The highest BCUT2D eigenvalue weighted by molar-refractivity contribution is 7.93. The minimum Gasteiger partial charge on any atom is -0.384 e. The van der Waals surface area contributed by atoms with E-state index in [2.05, 4.69) is 10.2 Å². The van der Waals surface area contributed by atoms with Gasteiger partial charge in [0, 0.05) is 18.1 Å². The fourth-order valence-corrected chi connectivity index (χ4v) is 4.41. The summed E-state index contributed by atoms with van der Waals surface area (Å²) in [6, 6.07) is 1.97. The van der Waals surface area contributed by atoms with E-state index in [9.17, 15) is 21.2 Å². The van der Waals surface area contributed by atoms with Crippen LogP contribution >= 0.6 is 0 Å². The number of nitrogen functional groups attached to an aromatic ring is 1. The number of benzene rings is 1. The van der Waals surface area contributed by atoms with Gasteiger partial charge < -0.3 is 5.73 Å². The third kappa shape index (κ3) is 2.90. The molecule has 0 aliphatic heterocycles. The van der Waals surface area contributed by atoms with E-state index in [-0.39, 0.29) is 16.9 Å². The smallest absolute Gasteiger partial charge is 0.179 e. The molecule has 2 aromatic rings. The summed E-state index contributed by atoms with van der Waals surface area (Å²) in [7, 11) is -8.01. The lowest BCUT2D eigenvalue weighted by Gasteiger charge is -2.10. The van der Waals surface area contributed by atoms with E-state index >= 15 is 0 Å². The Morgan fingerprint density at radius 1 is 1.14 bits per heavy atom. The zero-order valence-electron chi connectivity index (χ0n) is 11.1. The molecule has 1 heterocycles. The summed E-state index contributed by atoms with van der Waals surface area (Å²) in [5.41, 5.74) is 5.99. The fraction of sp³-hybridized carbons (Fsp3) is 0.182. The van der Waals surface area contributed by atoms with Crippen LogP contribution in [-0.2, 0) is 19.7 Å². The molecule has 0 amide bonds. The summed E-state index contributed by atoms with van der Waals surface area (Å²) in [6.45, 7) is 0. The second-order valence-corrected chi connectivity index (χ2v) is 8.46. The topological polar surface area (TPSA) is 123 Å². The number of nitrogens with one attached hydrogen (secondary N) is 1. The number of nitrogens with two attached hydrogens (primary N) is 1. The molecule has 7 nitrogen and oxygen atoms in total. The molecule has 0 radical (unpaired) electrons. The molecule has 3 N–H and O–H groups in total. The summed E-state index contributed by atoms with van der Waals surface area (Å²) < 4.78 is 61.0. The average molecular weight is 333 g/mol. The molecule has 10 heteroatoms. The van der Waals surface area contributed by atoms with Gasteiger partial charge in [-0.1, -0.05) is 0 Å². The molecule has 1 aromatic carbocycles. The fourth-order valence-electron chi connectivity index (χ4n) is 1.89. The number of rotatable bonds is 3. The number of aromatic amines is 1. The summed E-state index contributed by atoms with van der Waals surface area (Å²) in [5, 5.41) is 6.08. The molecule has 0 bridgehead atoms. The van der Waals surface area contributed by atoms with Crippen LogP contribution in [0.15, 0.2) is 28.1 Å². The van der Waals surface area contributed by atoms with Crippen molar-refractivity contribution >= 4 is 25.5 Å². The summed E-state index contributed by atoms with van der Waals surface area (Å²) in [4.78, 5) is -1.46. The third-order valence-electron chi connectivity index (χ3n) is 2.76. The molecule has 0 saturated heterocycles. The van der Waals surface area contributed by atoms with Crippen LogP contribution in [0, 0.1) is 5.82 Å². The Bertz CT molecular complexity index is 917. The number of sulfone groups is 2. The Morgan fingerprint density at radius 3 is 2.19 bits per heavy atom. The highest BCUT2D eigenvalue weighted by atomic mass is 32.2. The third-order valence-corrected chi connectivity index (χ3v) is 5.17. The van der Waals surface area contributed by atoms with Gasteiger partial charge in [0.25, 0.3) is 0 Å². The van der Waals surface area contributed by atoms with Crippen molar-refractivity contribution in [1.29, 1.82) is 0 Å². The van der Waals surface area contributed by atoms with Gasteiger partial charge in [-0.15, -0.1) is 0 Å². The number of hydrogen-bond donors (Lipinski definition) is 2. The Labute approximate surface area is 120 Å². The lowest BCUT2D eigenvalue weighted by Crippen LogP contribution is -2.10. The maximum atomic E-state index is 14.1. The highest BCUT2D eigenvalue weighted by Gasteiger charge is 2.26. The van der Waals surface area contributed by atoms with E-state index in [1.54, 1.807) is 0 Å². The van der Waals surface area contributed by atoms with E-state index in [4.69, 9.17) is 5.73 Å². The molecule has 21 heavy (non-hydrogen) atoms. The van der Waals surface area contributed by atoms with E-state index < -0.39 is 35.3 Å².